The normalized spacial score (nSPS) is 27.2. The highest BCUT2D eigenvalue weighted by Crippen LogP contribution is 2.30. The molecule has 0 amide bonds. The molecule has 0 radical (unpaired) electrons. The third-order valence-electron chi connectivity index (χ3n) is 2.97. The van der Waals surface area contributed by atoms with Gasteiger partial charge in [0.05, 0.1) is 11.5 Å². The van der Waals surface area contributed by atoms with Gasteiger partial charge in [0.1, 0.15) is 6.10 Å². The van der Waals surface area contributed by atoms with Crippen molar-refractivity contribution in [3.63, 3.8) is 0 Å². The van der Waals surface area contributed by atoms with Crippen LogP contribution >= 0.6 is 0 Å². The Hall–Kier alpha value is -0.570. The zero-order valence-electron chi connectivity index (χ0n) is 10.1. The van der Waals surface area contributed by atoms with E-state index in [0.717, 1.165) is 12.8 Å². The van der Waals surface area contributed by atoms with Crippen LogP contribution in [0.4, 0.5) is 0 Å². The van der Waals surface area contributed by atoms with Crippen LogP contribution < -0.4 is 0 Å². The molecule has 1 aliphatic rings. The molecule has 3 heteroatoms. The van der Waals surface area contributed by atoms with Gasteiger partial charge in [0.25, 0.3) is 0 Å². The summed E-state index contributed by atoms with van der Waals surface area (Å²) >= 11 is 0. The lowest BCUT2D eigenvalue weighted by molar-refractivity contribution is -0.145. The number of aliphatic hydroxyl groups is 1. The standard InChI is InChI=1S/C12H22O3/c1-8(2)10-7-9(11(13)15-10)5-6-12(3,4)14/h8-10,14H,5-7H2,1-4H3/t9?,10-/m0/s1. The Bertz CT molecular complexity index is 228. The maximum Gasteiger partial charge on any atom is 0.309 e. The van der Waals surface area contributed by atoms with Crippen molar-refractivity contribution in [3.05, 3.63) is 0 Å². The molecule has 0 aromatic carbocycles. The Balaban J connectivity index is 2.41. The first-order chi connectivity index (χ1) is 6.79. The average molecular weight is 214 g/mol. The first kappa shape index (κ1) is 12.5. The summed E-state index contributed by atoms with van der Waals surface area (Å²) in [6, 6.07) is 0. The van der Waals surface area contributed by atoms with Crippen molar-refractivity contribution < 1.29 is 14.6 Å². The molecule has 2 atom stereocenters. The summed E-state index contributed by atoms with van der Waals surface area (Å²) in [5, 5.41) is 9.59. The molecule has 1 rings (SSSR count). The average Bonchev–Trinajstić information content (AvgIpc) is 2.42. The molecule has 0 bridgehead atoms. The zero-order valence-corrected chi connectivity index (χ0v) is 10.1. The van der Waals surface area contributed by atoms with Gasteiger partial charge >= 0.3 is 5.97 Å². The smallest absolute Gasteiger partial charge is 0.309 e. The van der Waals surface area contributed by atoms with E-state index >= 15 is 0 Å². The third kappa shape index (κ3) is 3.82. The number of rotatable bonds is 4. The molecule has 1 heterocycles. The Morgan fingerprint density at radius 3 is 2.53 bits per heavy atom. The Morgan fingerprint density at radius 2 is 2.13 bits per heavy atom. The van der Waals surface area contributed by atoms with Gasteiger partial charge in [0.2, 0.25) is 0 Å². The molecule has 1 fully saturated rings. The van der Waals surface area contributed by atoms with Gasteiger partial charge in [0, 0.05) is 0 Å². The number of cyclic esters (lactones) is 1. The van der Waals surface area contributed by atoms with Crippen LogP contribution in [-0.2, 0) is 9.53 Å². The Kier molecular flexibility index (Phi) is 3.77. The second-order valence-electron chi connectivity index (χ2n) is 5.50. The van der Waals surface area contributed by atoms with E-state index in [1.807, 2.05) is 0 Å². The van der Waals surface area contributed by atoms with Gasteiger partial charge in [-0.2, -0.15) is 0 Å². The maximum absolute atomic E-state index is 11.5. The first-order valence-corrected chi connectivity index (χ1v) is 5.72. The molecule has 1 unspecified atom stereocenters. The molecule has 0 saturated carbocycles. The second-order valence-corrected chi connectivity index (χ2v) is 5.50. The molecule has 0 aromatic rings. The number of hydrogen-bond donors (Lipinski definition) is 1. The number of carbonyl (C=O) groups excluding carboxylic acids is 1. The van der Waals surface area contributed by atoms with E-state index in [1.165, 1.54) is 0 Å². The summed E-state index contributed by atoms with van der Waals surface area (Å²) < 4.78 is 5.28. The molecule has 3 nitrogen and oxygen atoms in total. The third-order valence-corrected chi connectivity index (χ3v) is 2.97. The minimum absolute atomic E-state index is 0.0103. The van der Waals surface area contributed by atoms with E-state index in [9.17, 15) is 9.90 Å². The minimum Gasteiger partial charge on any atom is -0.462 e. The highest BCUT2D eigenvalue weighted by Gasteiger charge is 2.36. The molecule has 0 aliphatic carbocycles. The summed E-state index contributed by atoms with van der Waals surface area (Å²) in [5.74, 6) is 0.294. The van der Waals surface area contributed by atoms with Crippen LogP contribution in [-0.4, -0.2) is 22.8 Å². The van der Waals surface area contributed by atoms with E-state index in [2.05, 4.69) is 13.8 Å². The van der Waals surface area contributed by atoms with E-state index < -0.39 is 5.60 Å². The summed E-state index contributed by atoms with van der Waals surface area (Å²) in [6.07, 6.45) is 2.26. The number of hydrogen-bond acceptors (Lipinski definition) is 3. The van der Waals surface area contributed by atoms with E-state index in [1.54, 1.807) is 13.8 Å². The van der Waals surface area contributed by atoms with E-state index in [-0.39, 0.29) is 18.0 Å². The monoisotopic (exact) mass is 214 g/mol. The SMILES string of the molecule is CC(C)[C@@H]1CC(CCC(C)(C)O)C(=O)O1. The molecule has 1 saturated heterocycles. The summed E-state index contributed by atoms with van der Waals surface area (Å²) in [4.78, 5) is 11.5. The van der Waals surface area contributed by atoms with Crippen LogP contribution in [0.1, 0.15) is 47.0 Å². The van der Waals surface area contributed by atoms with Crippen molar-refractivity contribution in [2.24, 2.45) is 11.8 Å². The minimum atomic E-state index is -0.684. The summed E-state index contributed by atoms with van der Waals surface area (Å²) in [7, 11) is 0. The molecular formula is C12H22O3. The van der Waals surface area contributed by atoms with Crippen molar-refractivity contribution in [2.45, 2.75) is 58.7 Å². The highest BCUT2D eigenvalue weighted by atomic mass is 16.6. The predicted octanol–water partition coefficient (Wildman–Crippen LogP) is 2.13. The molecule has 0 aromatic heterocycles. The van der Waals surface area contributed by atoms with Gasteiger partial charge in [-0.05, 0) is 39.0 Å². The lowest BCUT2D eigenvalue weighted by Gasteiger charge is -2.18. The van der Waals surface area contributed by atoms with E-state index in [0.29, 0.717) is 12.3 Å². The van der Waals surface area contributed by atoms with Gasteiger partial charge in [0.15, 0.2) is 0 Å². The lowest BCUT2D eigenvalue weighted by Crippen LogP contribution is -2.21. The molecular weight excluding hydrogens is 192 g/mol. The quantitative estimate of drug-likeness (QED) is 0.729. The number of esters is 1. The fraction of sp³-hybridized carbons (Fsp3) is 0.917. The maximum atomic E-state index is 11.5. The van der Waals surface area contributed by atoms with Crippen LogP contribution in [0.5, 0.6) is 0 Å². The van der Waals surface area contributed by atoms with Crippen LogP contribution in [0, 0.1) is 11.8 Å². The van der Waals surface area contributed by atoms with Crippen molar-refractivity contribution in [1.29, 1.82) is 0 Å². The van der Waals surface area contributed by atoms with Crippen molar-refractivity contribution >= 4 is 5.97 Å². The predicted molar refractivity (Wildman–Crippen MR) is 58.4 cm³/mol. The van der Waals surface area contributed by atoms with Crippen molar-refractivity contribution in [3.8, 4) is 0 Å². The zero-order chi connectivity index (χ0) is 11.6. The van der Waals surface area contributed by atoms with Gasteiger partial charge in [-0.15, -0.1) is 0 Å². The largest absolute Gasteiger partial charge is 0.462 e. The molecule has 1 N–H and O–H groups in total. The molecule has 88 valence electrons. The van der Waals surface area contributed by atoms with Crippen molar-refractivity contribution in [1.82, 2.24) is 0 Å². The van der Waals surface area contributed by atoms with Gasteiger partial charge in [-0.3, -0.25) is 4.79 Å². The molecule has 1 aliphatic heterocycles. The molecule has 0 spiro atoms. The van der Waals surface area contributed by atoms with Gasteiger partial charge < -0.3 is 9.84 Å². The highest BCUT2D eigenvalue weighted by molar-refractivity contribution is 5.74. The Labute approximate surface area is 91.8 Å². The topological polar surface area (TPSA) is 46.5 Å². The second kappa shape index (κ2) is 4.52. The lowest BCUT2D eigenvalue weighted by atomic mass is 9.91. The summed E-state index contributed by atoms with van der Waals surface area (Å²) in [5.41, 5.74) is -0.684. The van der Waals surface area contributed by atoms with Crippen LogP contribution in [0.2, 0.25) is 0 Å². The van der Waals surface area contributed by atoms with Crippen molar-refractivity contribution in [2.75, 3.05) is 0 Å². The number of carbonyl (C=O) groups is 1. The van der Waals surface area contributed by atoms with E-state index in [4.69, 9.17) is 4.74 Å². The van der Waals surface area contributed by atoms with Crippen LogP contribution in [0.3, 0.4) is 0 Å². The van der Waals surface area contributed by atoms with Gasteiger partial charge in [-0.25, -0.2) is 0 Å². The summed E-state index contributed by atoms with van der Waals surface area (Å²) in [6.45, 7) is 7.67. The van der Waals surface area contributed by atoms with Crippen LogP contribution in [0.25, 0.3) is 0 Å². The van der Waals surface area contributed by atoms with Crippen LogP contribution in [0.15, 0.2) is 0 Å². The first-order valence-electron chi connectivity index (χ1n) is 5.72. The fourth-order valence-electron chi connectivity index (χ4n) is 1.84. The molecule has 15 heavy (non-hydrogen) atoms. The Morgan fingerprint density at radius 1 is 1.53 bits per heavy atom. The fourth-order valence-corrected chi connectivity index (χ4v) is 1.84. The number of ether oxygens (including phenoxy) is 1. The van der Waals surface area contributed by atoms with Gasteiger partial charge in [-0.1, -0.05) is 13.8 Å².